The fourth-order valence-electron chi connectivity index (χ4n) is 2.62. The summed E-state index contributed by atoms with van der Waals surface area (Å²) >= 11 is 1.07. The summed E-state index contributed by atoms with van der Waals surface area (Å²) in [5, 5.41) is 13.9. The predicted molar refractivity (Wildman–Crippen MR) is 113 cm³/mol. The molecule has 3 aromatic rings. The molecule has 0 fully saturated rings. The van der Waals surface area contributed by atoms with Gasteiger partial charge in [-0.25, -0.2) is 4.98 Å². The minimum absolute atomic E-state index is 0.176. The largest absolute Gasteiger partial charge is 0.573 e. The molecule has 3 rings (SSSR count). The van der Waals surface area contributed by atoms with Crippen molar-refractivity contribution in [1.82, 2.24) is 15.3 Å². The molecule has 172 valence electrons. The molecule has 3 N–H and O–H groups in total. The number of aliphatic hydroxyl groups excluding tert-OH is 1. The number of rotatable bonds is 8. The highest BCUT2D eigenvalue weighted by Gasteiger charge is 2.31. The van der Waals surface area contributed by atoms with Gasteiger partial charge in [0.15, 0.2) is 0 Å². The Morgan fingerprint density at radius 1 is 1.06 bits per heavy atom. The van der Waals surface area contributed by atoms with Gasteiger partial charge in [-0.1, -0.05) is 11.8 Å². The van der Waals surface area contributed by atoms with E-state index in [1.165, 1.54) is 36.8 Å². The van der Waals surface area contributed by atoms with Crippen molar-refractivity contribution in [2.75, 3.05) is 11.9 Å². The Balaban J connectivity index is 1.78. The molecule has 12 heteroatoms. The molecule has 0 bridgehead atoms. The van der Waals surface area contributed by atoms with Crippen molar-refractivity contribution >= 4 is 29.3 Å². The molecule has 0 aliphatic carbocycles. The molecule has 33 heavy (non-hydrogen) atoms. The number of ether oxygens (including phenoxy) is 1. The van der Waals surface area contributed by atoms with Crippen molar-refractivity contribution < 1.29 is 32.6 Å². The second kappa shape index (κ2) is 10.8. The molecular formula is C21H17F3N4O4S. The molecule has 2 amide bonds. The van der Waals surface area contributed by atoms with E-state index in [1.54, 1.807) is 18.2 Å². The van der Waals surface area contributed by atoms with Crippen LogP contribution in [0, 0.1) is 0 Å². The highest BCUT2D eigenvalue weighted by Crippen LogP contribution is 2.34. The smallest absolute Gasteiger partial charge is 0.406 e. The number of thioether (sulfide) groups is 1. The minimum atomic E-state index is -4.82. The Morgan fingerprint density at radius 3 is 2.39 bits per heavy atom. The third-order valence-electron chi connectivity index (χ3n) is 4.04. The van der Waals surface area contributed by atoms with E-state index in [1.807, 2.05) is 0 Å². The molecule has 1 aromatic carbocycles. The molecule has 2 heterocycles. The number of pyridine rings is 2. The Bertz CT molecular complexity index is 1100. The van der Waals surface area contributed by atoms with Gasteiger partial charge in [0, 0.05) is 24.3 Å². The fourth-order valence-corrected chi connectivity index (χ4v) is 3.73. The zero-order valence-electron chi connectivity index (χ0n) is 16.7. The van der Waals surface area contributed by atoms with Crippen LogP contribution in [0.4, 0.5) is 18.9 Å². The van der Waals surface area contributed by atoms with Crippen molar-refractivity contribution in [2.24, 2.45) is 0 Å². The number of carbonyl (C=O) groups excluding carboxylic acids is 2. The summed E-state index contributed by atoms with van der Waals surface area (Å²) in [7, 11) is 0. The normalized spacial score (nSPS) is 12.0. The van der Waals surface area contributed by atoms with Crippen LogP contribution in [0.3, 0.4) is 0 Å². The number of halogens is 3. The van der Waals surface area contributed by atoms with Crippen molar-refractivity contribution in [1.29, 1.82) is 0 Å². The number of hydrogen-bond donors (Lipinski definition) is 3. The van der Waals surface area contributed by atoms with Gasteiger partial charge >= 0.3 is 6.36 Å². The summed E-state index contributed by atoms with van der Waals surface area (Å²) in [5.74, 6) is -1.59. The van der Waals surface area contributed by atoms with Crippen LogP contribution in [0.1, 0.15) is 21.3 Å². The summed E-state index contributed by atoms with van der Waals surface area (Å²) in [5.41, 5.74) is 1.08. The average molecular weight is 478 g/mol. The van der Waals surface area contributed by atoms with Gasteiger partial charge in [0.25, 0.3) is 5.91 Å². The van der Waals surface area contributed by atoms with Gasteiger partial charge in [0.05, 0.1) is 5.56 Å². The number of anilines is 1. The topological polar surface area (TPSA) is 113 Å². The summed E-state index contributed by atoms with van der Waals surface area (Å²) in [6, 6.07) is 11.1. The second-order valence-electron chi connectivity index (χ2n) is 6.39. The van der Waals surface area contributed by atoms with Gasteiger partial charge < -0.3 is 20.5 Å². The molecule has 8 nitrogen and oxygen atoms in total. The summed E-state index contributed by atoms with van der Waals surface area (Å²) in [6.45, 7) is -0.717. The maximum absolute atomic E-state index is 12.8. The van der Waals surface area contributed by atoms with Crippen molar-refractivity contribution in [3.8, 4) is 5.75 Å². The van der Waals surface area contributed by atoms with E-state index in [4.69, 9.17) is 5.11 Å². The van der Waals surface area contributed by atoms with E-state index < -0.39 is 35.9 Å². The first-order valence-corrected chi connectivity index (χ1v) is 10.2. The van der Waals surface area contributed by atoms with Crippen LogP contribution in [0.15, 0.2) is 72.1 Å². The van der Waals surface area contributed by atoms with Crippen LogP contribution in [0.5, 0.6) is 5.75 Å². The summed E-state index contributed by atoms with van der Waals surface area (Å²) in [6.07, 6.45) is -0.276. The molecule has 0 spiro atoms. The average Bonchev–Trinajstić information content (AvgIpc) is 2.79. The predicted octanol–water partition coefficient (Wildman–Crippen LogP) is 3.53. The highest BCUT2D eigenvalue weighted by molar-refractivity contribution is 7.99. The van der Waals surface area contributed by atoms with E-state index in [-0.39, 0.29) is 16.3 Å². The number of hydrogen-bond acceptors (Lipinski definition) is 7. The molecule has 2 aromatic heterocycles. The first-order chi connectivity index (χ1) is 15.7. The zero-order chi connectivity index (χ0) is 23.8. The Hall–Kier alpha value is -3.64. The number of nitrogens with zero attached hydrogens (tertiary/aromatic N) is 2. The quantitative estimate of drug-likeness (QED) is 0.335. The molecule has 0 radical (unpaired) electrons. The Labute approximate surface area is 190 Å². The SMILES string of the molecule is O=C(CO)NC(Sc1ncccc1C(=O)Nc1ccc(OC(F)(F)F)cc1)c1ccncc1. The summed E-state index contributed by atoms with van der Waals surface area (Å²) < 4.78 is 40.7. The van der Waals surface area contributed by atoms with E-state index in [0.29, 0.717) is 5.56 Å². The van der Waals surface area contributed by atoms with Crippen LogP contribution >= 0.6 is 11.8 Å². The van der Waals surface area contributed by atoms with Crippen molar-refractivity contribution in [3.05, 3.63) is 78.2 Å². The molecule has 0 aliphatic heterocycles. The number of benzene rings is 1. The lowest BCUT2D eigenvalue weighted by Gasteiger charge is -2.19. The van der Waals surface area contributed by atoms with Crippen LogP contribution in [0.2, 0.25) is 0 Å². The first kappa shape index (κ1) is 24.0. The lowest BCUT2D eigenvalue weighted by molar-refractivity contribution is -0.274. The van der Waals surface area contributed by atoms with E-state index in [9.17, 15) is 22.8 Å². The molecule has 0 saturated carbocycles. The summed E-state index contributed by atoms with van der Waals surface area (Å²) in [4.78, 5) is 32.8. The van der Waals surface area contributed by atoms with Crippen LogP contribution in [0.25, 0.3) is 0 Å². The van der Waals surface area contributed by atoms with Crippen molar-refractivity contribution in [3.63, 3.8) is 0 Å². The number of carbonyl (C=O) groups is 2. The number of alkyl halides is 3. The lowest BCUT2D eigenvalue weighted by atomic mass is 10.2. The van der Waals surface area contributed by atoms with Crippen LogP contribution in [-0.2, 0) is 4.79 Å². The lowest BCUT2D eigenvalue weighted by Crippen LogP contribution is -2.29. The monoisotopic (exact) mass is 478 g/mol. The number of nitrogens with one attached hydrogen (secondary N) is 2. The number of aromatic nitrogens is 2. The molecular weight excluding hydrogens is 461 g/mol. The zero-order valence-corrected chi connectivity index (χ0v) is 17.6. The fraction of sp³-hybridized carbons (Fsp3) is 0.143. The first-order valence-electron chi connectivity index (χ1n) is 9.34. The third-order valence-corrected chi connectivity index (χ3v) is 5.21. The Morgan fingerprint density at radius 2 is 1.76 bits per heavy atom. The standard InChI is InChI=1S/C21H17F3N4O4S/c22-21(23,24)32-15-5-3-14(4-6-15)27-18(31)16-2-1-9-26-20(16)33-19(28-17(30)12-29)13-7-10-25-11-8-13/h1-11,19,29H,12H2,(H,27,31)(H,28,30). The minimum Gasteiger partial charge on any atom is -0.406 e. The second-order valence-corrected chi connectivity index (χ2v) is 7.48. The van der Waals surface area contributed by atoms with Crippen molar-refractivity contribution in [2.45, 2.75) is 16.8 Å². The van der Waals surface area contributed by atoms with E-state index >= 15 is 0 Å². The Kier molecular flexibility index (Phi) is 7.85. The highest BCUT2D eigenvalue weighted by atomic mass is 32.2. The molecule has 0 saturated heterocycles. The van der Waals surface area contributed by atoms with E-state index in [0.717, 1.165) is 23.9 Å². The number of amides is 2. The van der Waals surface area contributed by atoms with Gasteiger partial charge in [0.1, 0.15) is 22.8 Å². The maximum Gasteiger partial charge on any atom is 0.573 e. The van der Waals surface area contributed by atoms with Gasteiger partial charge in [-0.05, 0) is 54.1 Å². The van der Waals surface area contributed by atoms with E-state index in [2.05, 4.69) is 25.3 Å². The van der Waals surface area contributed by atoms with Gasteiger partial charge in [-0.3, -0.25) is 14.6 Å². The van der Waals surface area contributed by atoms with Crippen LogP contribution in [-0.4, -0.2) is 39.9 Å². The van der Waals surface area contributed by atoms with Gasteiger partial charge in [0.2, 0.25) is 5.91 Å². The molecule has 0 aliphatic rings. The number of aliphatic hydroxyl groups is 1. The third kappa shape index (κ3) is 7.19. The van der Waals surface area contributed by atoms with Gasteiger partial charge in [-0.2, -0.15) is 0 Å². The maximum atomic E-state index is 12.8. The van der Waals surface area contributed by atoms with Gasteiger partial charge in [-0.15, -0.1) is 13.2 Å². The molecule has 1 unspecified atom stereocenters. The molecule has 1 atom stereocenters. The van der Waals surface area contributed by atoms with Crippen LogP contribution < -0.4 is 15.4 Å².